The highest BCUT2D eigenvalue weighted by Gasteiger charge is 2.19. The minimum Gasteiger partial charge on any atom is -0.361 e. The van der Waals surface area contributed by atoms with Gasteiger partial charge in [0.2, 0.25) is 5.91 Å². The Labute approximate surface area is 118 Å². The second-order valence-electron chi connectivity index (χ2n) is 5.23. The van der Waals surface area contributed by atoms with Crippen LogP contribution in [0.15, 0.2) is 6.33 Å². The van der Waals surface area contributed by atoms with Crippen molar-refractivity contribution in [2.24, 2.45) is 5.84 Å². The molecule has 4 N–H and O–H groups in total. The van der Waals surface area contributed by atoms with Crippen LogP contribution in [0.25, 0.3) is 0 Å². The van der Waals surface area contributed by atoms with Crippen LogP contribution < -0.4 is 16.6 Å². The van der Waals surface area contributed by atoms with Crippen LogP contribution in [-0.4, -0.2) is 40.4 Å². The number of hydrogen-bond acceptors (Lipinski definition) is 6. The van der Waals surface area contributed by atoms with E-state index in [0.29, 0.717) is 11.6 Å². The highest BCUT2D eigenvalue weighted by atomic mass is 16.2. The van der Waals surface area contributed by atoms with Crippen LogP contribution in [0.4, 0.5) is 11.6 Å². The van der Waals surface area contributed by atoms with Crippen molar-refractivity contribution in [1.29, 1.82) is 0 Å². The number of hydrogen-bond donors (Lipinski definition) is 3. The number of nitrogens with zero attached hydrogens (tertiary/aromatic N) is 3. The van der Waals surface area contributed by atoms with Gasteiger partial charge in [-0.05, 0) is 18.8 Å². The Kier molecular flexibility index (Phi) is 4.73. The lowest BCUT2D eigenvalue weighted by Crippen LogP contribution is -2.33. The van der Waals surface area contributed by atoms with E-state index in [-0.39, 0.29) is 18.4 Å². The molecule has 2 heterocycles. The first-order valence-electron chi connectivity index (χ1n) is 6.96. The summed E-state index contributed by atoms with van der Waals surface area (Å²) in [5.74, 6) is 7.03. The van der Waals surface area contributed by atoms with E-state index < -0.39 is 0 Å². The summed E-state index contributed by atoms with van der Waals surface area (Å²) in [6, 6.07) is 0. The van der Waals surface area contributed by atoms with E-state index >= 15 is 0 Å². The lowest BCUT2D eigenvalue weighted by atomic mass is 10.0. The predicted octanol–water partition coefficient (Wildman–Crippen LogP) is 0.920. The van der Waals surface area contributed by atoms with Crippen molar-refractivity contribution in [2.75, 3.05) is 30.4 Å². The van der Waals surface area contributed by atoms with Gasteiger partial charge in [-0.15, -0.1) is 0 Å². The molecule has 1 aliphatic rings. The van der Waals surface area contributed by atoms with Crippen molar-refractivity contribution in [3.63, 3.8) is 0 Å². The molecule has 1 saturated heterocycles. The molecule has 7 nitrogen and oxygen atoms in total. The van der Waals surface area contributed by atoms with Gasteiger partial charge < -0.3 is 15.6 Å². The molecule has 1 aliphatic heterocycles. The van der Waals surface area contributed by atoms with Crippen molar-refractivity contribution in [2.45, 2.75) is 32.6 Å². The van der Waals surface area contributed by atoms with Crippen molar-refractivity contribution < 1.29 is 4.79 Å². The van der Waals surface area contributed by atoms with E-state index in [1.807, 2.05) is 18.7 Å². The van der Waals surface area contributed by atoms with Gasteiger partial charge in [0.15, 0.2) is 0 Å². The number of nitrogens with two attached hydrogens (primary N) is 1. The Morgan fingerprint density at radius 3 is 2.60 bits per heavy atom. The highest BCUT2D eigenvalue weighted by Crippen LogP contribution is 2.27. The van der Waals surface area contributed by atoms with Crippen LogP contribution in [0.1, 0.15) is 38.2 Å². The molecule has 0 radical (unpaired) electrons. The molecule has 1 fully saturated rings. The predicted molar refractivity (Wildman–Crippen MR) is 78.2 cm³/mol. The fourth-order valence-electron chi connectivity index (χ4n) is 2.44. The third-order valence-electron chi connectivity index (χ3n) is 3.46. The van der Waals surface area contributed by atoms with Gasteiger partial charge in [-0.1, -0.05) is 13.8 Å². The standard InChI is InChI=1S/C13H22N6O/c1-9(2)11-12(16-8-17-13(11)18-14)15-7-10(20)19-5-3-4-6-19/h8-9H,3-7,14H2,1-2H3,(H2,15,16,17,18). The molecule has 0 bridgehead atoms. The topological polar surface area (TPSA) is 96.2 Å². The SMILES string of the molecule is CC(C)c1c(NN)ncnc1NCC(=O)N1CCCC1. The molecule has 7 heteroatoms. The summed E-state index contributed by atoms with van der Waals surface area (Å²) in [4.78, 5) is 22.2. The van der Waals surface area contributed by atoms with Crippen LogP contribution in [0.2, 0.25) is 0 Å². The first kappa shape index (κ1) is 14.5. The smallest absolute Gasteiger partial charge is 0.241 e. The van der Waals surface area contributed by atoms with Crippen LogP contribution >= 0.6 is 0 Å². The molecule has 0 aliphatic carbocycles. The number of rotatable bonds is 5. The highest BCUT2D eigenvalue weighted by molar-refractivity contribution is 5.81. The molecule has 0 atom stereocenters. The Morgan fingerprint density at radius 2 is 2.00 bits per heavy atom. The molecule has 0 spiro atoms. The number of amides is 1. The molecule has 0 saturated carbocycles. The third-order valence-corrected chi connectivity index (χ3v) is 3.46. The summed E-state index contributed by atoms with van der Waals surface area (Å²) in [7, 11) is 0. The average Bonchev–Trinajstić information content (AvgIpc) is 2.98. The average molecular weight is 278 g/mol. The number of carbonyl (C=O) groups excluding carboxylic acids is 1. The van der Waals surface area contributed by atoms with E-state index in [9.17, 15) is 4.79 Å². The molecule has 1 aromatic rings. The van der Waals surface area contributed by atoms with E-state index in [2.05, 4.69) is 20.7 Å². The van der Waals surface area contributed by atoms with E-state index in [1.165, 1.54) is 6.33 Å². The molecular weight excluding hydrogens is 256 g/mol. The maximum Gasteiger partial charge on any atom is 0.241 e. The molecule has 2 rings (SSSR count). The van der Waals surface area contributed by atoms with Gasteiger partial charge in [0.25, 0.3) is 0 Å². The van der Waals surface area contributed by atoms with Gasteiger partial charge in [0.05, 0.1) is 6.54 Å². The van der Waals surface area contributed by atoms with E-state index in [1.54, 1.807) is 0 Å². The van der Waals surface area contributed by atoms with Crippen molar-refractivity contribution >= 4 is 17.5 Å². The number of hydrazine groups is 1. The Balaban J connectivity index is 2.06. The zero-order chi connectivity index (χ0) is 14.5. The largest absolute Gasteiger partial charge is 0.361 e. The van der Waals surface area contributed by atoms with E-state index in [0.717, 1.165) is 31.5 Å². The van der Waals surface area contributed by atoms with Gasteiger partial charge in [0.1, 0.15) is 18.0 Å². The third kappa shape index (κ3) is 3.16. The fourth-order valence-corrected chi connectivity index (χ4v) is 2.44. The summed E-state index contributed by atoms with van der Waals surface area (Å²) in [5.41, 5.74) is 3.47. The molecule has 1 amide bonds. The first-order chi connectivity index (χ1) is 9.63. The lowest BCUT2D eigenvalue weighted by Gasteiger charge is -2.19. The van der Waals surface area contributed by atoms with Crippen LogP contribution in [0.3, 0.4) is 0 Å². The summed E-state index contributed by atoms with van der Waals surface area (Å²) in [6.45, 7) is 6.04. The number of aromatic nitrogens is 2. The van der Waals surface area contributed by atoms with Gasteiger partial charge >= 0.3 is 0 Å². The summed E-state index contributed by atoms with van der Waals surface area (Å²) >= 11 is 0. The summed E-state index contributed by atoms with van der Waals surface area (Å²) < 4.78 is 0. The molecule has 20 heavy (non-hydrogen) atoms. The fraction of sp³-hybridized carbons (Fsp3) is 0.615. The molecule has 110 valence electrons. The lowest BCUT2D eigenvalue weighted by molar-refractivity contribution is -0.128. The van der Waals surface area contributed by atoms with Gasteiger partial charge in [-0.3, -0.25) is 4.79 Å². The molecule has 0 unspecified atom stereocenters. The van der Waals surface area contributed by atoms with Gasteiger partial charge in [-0.25, -0.2) is 15.8 Å². The Bertz CT molecular complexity index is 470. The summed E-state index contributed by atoms with van der Waals surface area (Å²) in [5, 5.41) is 3.11. The van der Waals surface area contributed by atoms with Crippen molar-refractivity contribution in [1.82, 2.24) is 14.9 Å². The maximum absolute atomic E-state index is 12.0. The quantitative estimate of drug-likeness (QED) is 0.547. The van der Waals surface area contributed by atoms with Crippen LogP contribution in [-0.2, 0) is 4.79 Å². The van der Waals surface area contributed by atoms with Crippen LogP contribution in [0, 0.1) is 0 Å². The Hall–Kier alpha value is -1.89. The van der Waals surface area contributed by atoms with E-state index in [4.69, 9.17) is 5.84 Å². The minimum absolute atomic E-state index is 0.109. The van der Waals surface area contributed by atoms with Crippen LogP contribution in [0.5, 0.6) is 0 Å². The minimum atomic E-state index is 0.109. The second kappa shape index (κ2) is 6.51. The number of carbonyl (C=O) groups is 1. The zero-order valence-corrected chi connectivity index (χ0v) is 12.0. The normalized spacial score (nSPS) is 14.7. The maximum atomic E-state index is 12.0. The molecule has 0 aromatic carbocycles. The molecular formula is C13H22N6O. The number of anilines is 2. The number of likely N-dealkylation sites (tertiary alicyclic amines) is 1. The zero-order valence-electron chi connectivity index (χ0n) is 12.0. The second-order valence-corrected chi connectivity index (χ2v) is 5.23. The van der Waals surface area contributed by atoms with Gasteiger partial charge in [0, 0.05) is 18.7 Å². The number of nitrogen functional groups attached to an aromatic ring is 1. The summed E-state index contributed by atoms with van der Waals surface area (Å²) in [6.07, 6.45) is 3.62. The monoisotopic (exact) mass is 278 g/mol. The van der Waals surface area contributed by atoms with Crippen molar-refractivity contribution in [3.8, 4) is 0 Å². The Morgan fingerprint density at radius 1 is 1.35 bits per heavy atom. The van der Waals surface area contributed by atoms with Crippen molar-refractivity contribution in [3.05, 3.63) is 11.9 Å². The first-order valence-corrected chi connectivity index (χ1v) is 6.96. The van der Waals surface area contributed by atoms with Gasteiger partial charge in [-0.2, -0.15) is 0 Å². The number of nitrogens with one attached hydrogen (secondary N) is 2. The molecule has 1 aromatic heterocycles.